The molecule has 0 aliphatic carbocycles. The van der Waals surface area contributed by atoms with E-state index in [9.17, 15) is 19.2 Å². The van der Waals surface area contributed by atoms with Gasteiger partial charge in [0.1, 0.15) is 5.78 Å². The number of rotatable bonds is 6. The van der Waals surface area contributed by atoms with Gasteiger partial charge in [-0.1, -0.05) is 0 Å². The lowest BCUT2D eigenvalue weighted by molar-refractivity contribution is -0.151. The molecule has 1 aromatic rings. The van der Waals surface area contributed by atoms with Crippen LogP contribution in [0.1, 0.15) is 39.3 Å². The Labute approximate surface area is 116 Å². The molecular weight excluding hydrogens is 260 g/mol. The van der Waals surface area contributed by atoms with Crippen LogP contribution in [0.2, 0.25) is 0 Å². The van der Waals surface area contributed by atoms with Gasteiger partial charge in [0.2, 0.25) is 0 Å². The Morgan fingerprint density at radius 3 is 1.80 bits per heavy atom. The van der Waals surface area contributed by atoms with Crippen molar-refractivity contribution in [3.63, 3.8) is 0 Å². The Bertz CT molecular complexity index is 530. The standard InChI is InChI=1S/C14H16N2O4/c1-8(17)13(12-6-5-7-15-16-12)14(9(2)18,10(3)19)11(4)20/h5-7,13H,1-4H3. The van der Waals surface area contributed by atoms with Crippen LogP contribution in [0.4, 0.5) is 0 Å². The van der Waals surface area contributed by atoms with Crippen LogP contribution in [0, 0.1) is 5.41 Å². The lowest BCUT2D eigenvalue weighted by atomic mass is 9.64. The number of nitrogens with zero attached hydrogens (tertiary/aromatic N) is 2. The van der Waals surface area contributed by atoms with Crippen molar-refractivity contribution in [1.29, 1.82) is 0 Å². The number of carbonyl (C=O) groups is 4. The second-order valence-corrected chi connectivity index (χ2v) is 4.67. The van der Waals surface area contributed by atoms with Gasteiger partial charge in [-0.2, -0.15) is 10.2 Å². The number of hydrogen-bond donors (Lipinski definition) is 0. The molecule has 106 valence electrons. The molecule has 0 radical (unpaired) electrons. The molecule has 0 N–H and O–H groups in total. The van der Waals surface area contributed by atoms with Crippen LogP contribution < -0.4 is 0 Å². The predicted octanol–water partition coefficient (Wildman–Crippen LogP) is 0.903. The van der Waals surface area contributed by atoms with Crippen LogP contribution in [0.15, 0.2) is 18.3 Å². The first-order valence-corrected chi connectivity index (χ1v) is 6.07. The van der Waals surface area contributed by atoms with Gasteiger partial charge in [0, 0.05) is 6.20 Å². The second-order valence-electron chi connectivity index (χ2n) is 4.67. The van der Waals surface area contributed by atoms with Crippen molar-refractivity contribution in [3.05, 3.63) is 24.0 Å². The van der Waals surface area contributed by atoms with Gasteiger partial charge < -0.3 is 0 Å². The highest BCUT2D eigenvalue weighted by atomic mass is 16.2. The van der Waals surface area contributed by atoms with Crippen LogP contribution in [0.25, 0.3) is 0 Å². The van der Waals surface area contributed by atoms with E-state index in [4.69, 9.17) is 0 Å². The van der Waals surface area contributed by atoms with E-state index in [1.54, 1.807) is 0 Å². The molecule has 0 aromatic carbocycles. The van der Waals surface area contributed by atoms with Gasteiger partial charge in [0.05, 0.1) is 11.6 Å². The summed E-state index contributed by atoms with van der Waals surface area (Å²) in [6.45, 7) is 4.63. The molecule has 0 amide bonds. The lowest BCUT2D eigenvalue weighted by Crippen LogP contribution is -2.50. The molecule has 0 saturated carbocycles. The maximum absolute atomic E-state index is 12.0. The van der Waals surface area contributed by atoms with Gasteiger partial charge >= 0.3 is 0 Å². The average molecular weight is 276 g/mol. The first kappa shape index (κ1) is 15.8. The molecule has 1 atom stereocenters. The SMILES string of the molecule is CC(=O)C(c1cccnn1)C(C(C)=O)(C(C)=O)C(C)=O. The van der Waals surface area contributed by atoms with E-state index in [1.807, 2.05) is 0 Å². The zero-order valence-corrected chi connectivity index (χ0v) is 11.8. The summed E-state index contributed by atoms with van der Waals surface area (Å²) in [6.07, 6.45) is 1.40. The summed E-state index contributed by atoms with van der Waals surface area (Å²) in [5, 5.41) is 7.43. The van der Waals surface area contributed by atoms with Gasteiger partial charge in [0.25, 0.3) is 0 Å². The fourth-order valence-electron chi connectivity index (χ4n) is 2.56. The number of ketones is 4. The van der Waals surface area contributed by atoms with Crippen LogP contribution in [-0.4, -0.2) is 33.3 Å². The van der Waals surface area contributed by atoms with E-state index < -0.39 is 34.5 Å². The van der Waals surface area contributed by atoms with Gasteiger partial charge in [0.15, 0.2) is 22.8 Å². The van der Waals surface area contributed by atoms with Crippen LogP contribution in [-0.2, 0) is 19.2 Å². The molecule has 6 nitrogen and oxygen atoms in total. The maximum atomic E-state index is 12.0. The third kappa shape index (κ3) is 2.41. The molecular formula is C14H16N2O4. The summed E-state index contributed by atoms with van der Waals surface area (Å²) in [7, 11) is 0. The normalized spacial score (nSPS) is 12.6. The molecule has 1 unspecified atom stereocenters. The fraction of sp³-hybridized carbons (Fsp3) is 0.429. The largest absolute Gasteiger partial charge is 0.299 e. The Morgan fingerprint density at radius 1 is 1.00 bits per heavy atom. The summed E-state index contributed by atoms with van der Waals surface area (Å²) < 4.78 is 0. The molecule has 0 spiro atoms. The van der Waals surface area contributed by atoms with Gasteiger partial charge in [-0.3, -0.25) is 19.2 Å². The minimum absolute atomic E-state index is 0.139. The van der Waals surface area contributed by atoms with Crippen molar-refractivity contribution in [3.8, 4) is 0 Å². The molecule has 6 heteroatoms. The Morgan fingerprint density at radius 2 is 1.50 bits per heavy atom. The first-order chi connectivity index (χ1) is 9.26. The Kier molecular flexibility index (Phi) is 4.60. The van der Waals surface area contributed by atoms with E-state index in [0.717, 1.165) is 20.8 Å². The Hall–Kier alpha value is -2.24. The van der Waals surface area contributed by atoms with Crippen molar-refractivity contribution in [2.75, 3.05) is 0 Å². The Balaban J connectivity index is 3.65. The summed E-state index contributed by atoms with van der Waals surface area (Å²) in [4.78, 5) is 48.1. The van der Waals surface area contributed by atoms with Gasteiger partial charge in [-0.25, -0.2) is 0 Å². The van der Waals surface area contributed by atoms with Gasteiger partial charge in [-0.15, -0.1) is 0 Å². The fourth-order valence-corrected chi connectivity index (χ4v) is 2.56. The zero-order chi connectivity index (χ0) is 15.5. The summed E-state index contributed by atoms with van der Waals surface area (Å²) >= 11 is 0. The lowest BCUT2D eigenvalue weighted by Gasteiger charge is -2.32. The minimum atomic E-state index is -2.03. The summed E-state index contributed by atoms with van der Waals surface area (Å²) in [5.74, 6) is -3.72. The average Bonchev–Trinajstić information content (AvgIpc) is 2.34. The molecule has 0 bridgehead atoms. The molecule has 0 fully saturated rings. The van der Waals surface area contributed by atoms with Crippen molar-refractivity contribution < 1.29 is 19.2 Å². The van der Waals surface area contributed by atoms with Crippen molar-refractivity contribution in [1.82, 2.24) is 10.2 Å². The minimum Gasteiger partial charge on any atom is -0.299 e. The zero-order valence-electron chi connectivity index (χ0n) is 11.8. The second kappa shape index (κ2) is 5.81. The molecule has 1 heterocycles. The summed E-state index contributed by atoms with van der Waals surface area (Å²) in [6, 6.07) is 3.01. The number of Topliss-reactive ketones (excluding diaryl/α,β-unsaturated/α-hetero) is 4. The van der Waals surface area contributed by atoms with E-state index in [2.05, 4.69) is 10.2 Å². The van der Waals surface area contributed by atoms with Crippen LogP contribution in [0.3, 0.4) is 0 Å². The van der Waals surface area contributed by atoms with Crippen LogP contribution >= 0.6 is 0 Å². The van der Waals surface area contributed by atoms with Crippen molar-refractivity contribution in [2.45, 2.75) is 33.6 Å². The number of hydrogen-bond acceptors (Lipinski definition) is 6. The highest BCUT2D eigenvalue weighted by Crippen LogP contribution is 2.39. The summed E-state index contributed by atoms with van der Waals surface area (Å²) in [5.41, 5.74) is -1.89. The molecule has 1 aromatic heterocycles. The third-order valence-corrected chi connectivity index (χ3v) is 3.39. The molecule has 0 saturated heterocycles. The van der Waals surface area contributed by atoms with E-state index >= 15 is 0 Å². The topological polar surface area (TPSA) is 94.1 Å². The molecule has 1 rings (SSSR count). The monoisotopic (exact) mass is 276 g/mol. The van der Waals surface area contributed by atoms with E-state index in [0.29, 0.717) is 0 Å². The van der Waals surface area contributed by atoms with Gasteiger partial charge in [-0.05, 0) is 39.8 Å². The molecule has 0 aliphatic rings. The molecule has 0 aliphatic heterocycles. The van der Waals surface area contributed by atoms with Crippen molar-refractivity contribution >= 4 is 23.1 Å². The quantitative estimate of drug-likeness (QED) is 0.716. The van der Waals surface area contributed by atoms with E-state index in [1.165, 1.54) is 25.3 Å². The first-order valence-electron chi connectivity index (χ1n) is 6.07. The van der Waals surface area contributed by atoms with Crippen molar-refractivity contribution in [2.24, 2.45) is 5.41 Å². The third-order valence-electron chi connectivity index (χ3n) is 3.39. The maximum Gasteiger partial charge on any atom is 0.160 e. The van der Waals surface area contributed by atoms with E-state index in [-0.39, 0.29) is 5.69 Å². The highest BCUT2D eigenvalue weighted by Gasteiger charge is 2.55. The number of aromatic nitrogens is 2. The van der Waals surface area contributed by atoms with Crippen LogP contribution in [0.5, 0.6) is 0 Å². The predicted molar refractivity (Wildman–Crippen MR) is 69.9 cm³/mol. The number of carbonyl (C=O) groups excluding carboxylic acids is 4. The smallest absolute Gasteiger partial charge is 0.160 e. The molecule has 20 heavy (non-hydrogen) atoms. The highest BCUT2D eigenvalue weighted by molar-refractivity contribution is 6.26.